The number of aryl methyl sites for hydroxylation is 1. The Morgan fingerprint density at radius 1 is 1.22 bits per heavy atom. The molecule has 1 aliphatic rings. The van der Waals surface area contributed by atoms with Crippen LogP contribution in [0.5, 0.6) is 0 Å². The summed E-state index contributed by atoms with van der Waals surface area (Å²) in [6, 6.07) is 1.66. The number of carbonyl (C=O) groups excluding carboxylic acids is 2. The van der Waals surface area contributed by atoms with Gasteiger partial charge < -0.3 is 20.4 Å². The molecule has 150 valence electrons. The van der Waals surface area contributed by atoms with E-state index in [1.165, 1.54) is 6.20 Å². The zero-order chi connectivity index (χ0) is 20.1. The monoisotopic (exact) mass is 377 g/mol. The van der Waals surface area contributed by atoms with E-state index in [0.29, 0.717) is 24.2 Å². The van der Waals surface area contributed by atoms with Crippen LogP contribution in [0.4, 0.5) is 10.5 Å². The number of aromatic nitrogens is 1. The molecule has 0 radical (unpaired) electrons. The molecule has 1 fully saturated rings. The second-order valence-corrected chi connectivity index (χ2v) is 8.54. The zero-order valence-electron chi connectivity index (χ0n) is 16.7. The van der Waals surface area contributed by atoms with Gasteiger partial charge in [0.05, 0.1) is 5.69 Å². The van der Waals surface area contributed by atoms with Gasteiger partial charge in [0.15, 0.2) is 0 Å². The minimum atomic E-state index is -0.552. The third kappa shape index (κ3) is 6.73. The average Bonchev–Trinajstić information content (AvgIpc) is 2.56. The number of pyridine rings is 1. The summed E-state index contributed by atoms with van der Waals surface area (Å²) < 4.78 is 5.31. The second kappa shape index (κ2) is 8.59. The van der Waals surface area contributed by atoms with Gasteiger partial charge in [-0.15, -0.1) is 0 Å². The lowest BCUT2D eigenvalue weighted by molar-refractivity contribution is -0.119. The highest BCUT2D eigenvalue weighted by Gasteiger charge is 2.35. The van der Waals surface area contributed by atoms with E-state index in [-0.39, 0.29) is 16.9 Å². The van der Waals surface area contributed by atoms with Crippen molar-refractivity contribution in [2.24, 2.45) is 5.41 Å². The van der Waals surface area contributed by atoms with E-state index in [0.717, 1.165) is 32.1 Å². The lowest BCUT2D eigenvalue weighted by Crippen LogP contribution is -2.43. The predicted molar refractivity (Wildman–Crippen MR) is 105 cm³/mol. The summed E-state index contributed by atoms with van der Waals surface area (Å²) in [6.45, 7) is 7.58. The van der Waals surface area contributed by atoms with Crippen molar-refractivity contribution < 1.29 is 14.3 Å². The Labute approximate surface area is 160 Å². The molecule has 1 heterocycles. The van der Waals surface area contributed by atoms with Crippen LogP contribution in [0.1, 0.15) is 64.9 Å². The van der Waals surface area contributed by atoms with Crippen LogP contribution in [-0.4, -0.2) is 29.1 Å². The molecule has 7 heteroatoms. The van der Waals surface area contributed by atoms with Crippen molar-refractivity contribution >= 4 is 17.7 Å². The van der Waals surface area contributed by atoms with Crippen LogP contribution >= 0.6 is 0 Å². The van der Waals surface area contributed by atoms with E-state index < -0.39 is 11.7 Å². The number of H-pyrrole nitrogens is 1. The summed E-state index contributed by atoms with van der Waals surface area (Å²) in [7, 11) is 0. The van der Waals surface area contributed by atoms with Crippen molar-refractivity contribution in [3.05, 3.63) is 28.2 Å². The highest BCUT2D eigenvalue weighted by atomic mass is 16.6. The predicted octanol–water partition coefficient (Wildman–Crippen LogP) is 3.49. The quantitative estimate of drug-likeness (QED) is 0.731. The van der Waals surface area contributed by atoms with Gasteiger partial charge in [-0.3, -0.25) is 9.59 Å². The standard InChI is InChI=1S/C20H31N3O4/c1-14-10-15(12-21-17(14)25)23-16(24)11-20(8-6-5-7-9-20)13-22-18(26)27-19(2,3)4/h10,12H,5-9,11,13H2,1-4H3,(H,21,25)(H,22,26)(H,23,24). The Bertz CT molecular complexity index is 727. The minimum Gasteiger partial charge on any atom is -0.444 e. The summed E-state index contributed by atoms with van der Waals surface area (Å²) in [6.07, 6.45) is 6.38. The molecule has 3 N–H and O–H groups in total. The van der Waals surface area contributed by atoms with Crippen LogP contribution in [0, 0.1) is 12.3 Å². The highest BCUT2D eigenvalue weighted by molar-refractivity contribution is 5.91. The van der Waals surface area contributed by atoms with Crippen LogP contribution in [0.15, 0.2) is 17.1 Å². The van der Waals surface area contributed by atoms with Crippen molar-refractivity contribution in [2.75, 3.05) is 11.9 Å². The van der Waals surface area contributed by atoms with Gasteiger partial charge in [-0.05, 0) is 52.0 Å². The Morgan fingerprint density at radius 2 is 1.89 bits per heavy atom. The molecule has 0 aromatic carbocycles. The Hall–Kier alpha value is -2.31. The third-order valence-corrected chi connectivity index (χ3v) is 4.83. The molecule has 0 unspecified atom stereocenters. The molecule has 1 aromatic rings. The number of carbonyl (C=O) groups is 2. The number of ether oxygens (including phenoxy) is 1. The van der Waals surface area contributed by atoms with E-state index in [1.54, 1.807) is 13.0 Å². The molecule has 0 bridgehead atoms. The van der Waals surface area contributed by atoms with Gasteiger partial charge in [0, 0.05) is 24.7 Å². The SMILES string of the molecule is Cc1cc(NC(=O)CC2(CNC(=O)OC(C)(C)C)CCCCC2)c[nH]c1=O. The number of aromatic amines is 1. The average molecular weight is 377 g/mol. The number of rotatable bonds is 5. The maximum Gasteiger partial charge on any atom is 0.407 e. The third-order valence-electron chi connectivity index (χ3n) is 4.83. The van der Waals surface area contributed by atoms with E-state index in [9.17, 15) is 14.4 Å². The second-order valence-electron chi connectivity index (χ2n) is 8.54. The number of hydrogen-bond acceptors (Lipinski definition) is 4. The molecular weight excluding hydrogens is 346 g/mol. The number of hydrogen-bond donors (Lipinski definition) is 3. The van der Waals surface area contributed by atoms with Gasteiger partial charge in [-0.1, -0.05) is 19.3 Å². The fourth-order valence-corrected chi connectivity index (χ4v) is 3.51. The lowest BCUT2D eigenvalue weighted by Gasteiger charge is -2.37. The molecule has 1 aliphatic carbocycles. The van der Waals surface area contributed by atoms with E-state index >= 15 is 0 Å². The first kappa shape index (κ1) is 21.0. The molecule has 2 amide bonds. The summed E-state index contributed by atoms with van der Waals surface area (Å²) in [5.41, 5.74) is 0.132. The maximum absolute atomic E-state index is 12.6. The van der Waals surface area contributed by atoms with Crippen molar-refractivity contribution in [3.8, 4) is 0 Å². The van der Waals surface area contributed by atoms with Gasteiger partial charge in [0.1, 0.15) is 5.60 Å². The lowest BCUT2D eigenvalue weighted by atomic mass is 9.71. The zero-order valence-corrected chi connectivity index (χ0v) is 16.7. The Morgan fingerprint density at radius 3 is 2.48 bits per heavy atom. The van der Waals surface area contributed by atoms with E-state index in [2.05, 4.69) is 15.6 Å². The van der Waals surface area contributed by atoms with Crippen molar-refractivity contribution in [3.63, 3.8) is 0 Å². The number of alkyl carbamates (subject to hydrolysis) is 1. The van der Waals surface area contributed by atoms with Crippen molar-refractivity contribution in [1.82, 2.24) is 10.3 Å². The van der Waals surface area contributed by atoms with Crippen LogP contribution < -0.4 is 16.2 Å². The highest BCUT2D eigenvalue weighted by Crippen LogP contribution is 2.39. The molecule has 2 rings (SSSR count). The smallest absolute Gasteiger partial charge is 0.407 e. The molecule has 0 saturated heterocycles. The number of anilines is 1. The van der Waals surface area contributed by atoms with Crippen LogP contribution in [-0.2, 0) is 9.53 Å². The molecule has 7 nitrogen and oxygen atoms in total. The van der Waals surface area contributed by atoms with Gasteiger partial charge >= 0.3 is 6.09 Å². The van der Waals surface area contributed by atoms with Crippen molar-refractivity contribution in [2.45, 2.75) is 71.8 Å². The fourth-order valence-electron chi connectivity index (χ4n) is 3.51. The molecule has 1 saturated carbocycles. The molecule has 27 heavy (non-hydrogen) atoms. The summed E-state index contributed by atoms with van der Waals surface area (Å²) in [5, 5.41) is 5.70. The molecule has 0 atom stereocenters. The van der Waals surface area contributed by atoms with E-state index in [4.69, 9.17) is 4.74 Å². The molecule has 0 aliphatic heterocycles. The Kier molecular flexibility index (Phi) is 6.68. The number of amides is 2. The Balaban J connectivity index is 2.00. The molecule has 1 aromatic heterocycles. The normalized spacial score (nSPS) is 16.4. The number of nitrogens with one attached hydrogen (secondary N) is 3. The van der Waals surface area contributed by atoms with Gasteiger partial charge in [-0.25, -0.2) is 4.79 Å². The van der Waals surface area contributed by atoms with Gasteiger partial charge in [0.25, 0.3) is 5.56 Å². The summed E-state index contributed by atoms with van der Waals surface area (Å²) in [5.74, 6) is -0.116. The minimum absolute atomic E-state index is 0.116. The van der Waals surface area contributed by atoms with Gasteiger partial charge in [-0.2, -0.15) is 0 Å². The molecule has 0 spiro atoms. The van der Waals surface area contributed by atoms with Gasteiger partial charge in [0.2, 0.25) is 5.91 Å². The summed E-state index contributed by atoms with van der Waals surface area (Å²) in [4.78, 5) is 38.7. The van der Waals surface area contributed by atoms with Crippen LogP contribution in [0.2, 0.25) is 0 Å². The largest absolute Gasteiger partial charge is 0.444 e. The first-order valence-corrected chi connectivity index (χ1v) is 9.55. The maximum atomic E-state index is 12.6. The van der Waals surface area contributed by atoms with Crippen LogP contribution in [0.25, 0.3) is 0 Å². The van der Waals surface area contributed by atoms with E-state index in [1.807, 2.05) is 20.8 Å². The fraction of sp³-hybridized carbons (Fsp3) is 0.650. The molecular formula is C20H31N3O4. The first-order chi connectivity index (χ1) is 12.6. The van der Waals surface area contributed by atoms with Crippen LogP contribution in [0.3, 0.4) is 0 Å². The summed E-state index contributed by atoms with van der Waals surface area (Å²) >= 11 is 0. The first-order valence-electron chi connectivity index (χ1n) is 9.55. The topological polar surface area (TPSA) is 100 Å². The van der Waals surface area contributed by atoms with Crippen molar-refractivity contribution in [1.29, 1.82) is 0 Å².